The third-order valence-electron chi connectivity index (χ3n) is 4.73. The number of carbonyl (C=O) groups is 2. The highest BCUT2D eigenvalue weighted by atomic mass is 35.5. The van der Waals surface area contributed by atoms with Crippen molar-refractivity contribution < 1.29 is 22.4 Å². The van der Waals surface area contributed by atoms with Crippen molar-refractivity contribution in [2.24, 2.45) is 0 Å². The standard InChI is InChI=1S/C23H29ClFN3O4S/c1-16(22(30)26-23(2,3)4)27(14-17-10-12-18(25)13-11-17)21(29)15-28(33(5,31)32)20-9-7-6-8-19(20)24/h6-13,16H,14-15H2,1-5H3,(H,26,30)/t16-/m1/s1. The molecule has 10 heteroatoms. The Kier molecular flexibility index (Phi) is 8.48. The third-order valence-corrected chi connectivity index (χ3v) is 6.18. The average molecular weight is 498 g/mol. The molecule has 1 atom stereocenters. The van der Waals surface area contributed by atoms with Crippen LogP contribution < -0.4 is 9.62 Å². The fourth-order valence-corrected chi connectivity index (χ4v) is 4.24. The van der Waals surface area contributed by atoms with Crippen LogP contribution in [-0.4, -0.2) is 49.5 Å². The molecule has 1 N–H and O–H groups in total. The Morgan fingerprint density at radius 1 is 1.09 bits per heavy atom. The Balaban J connectivity index is 2.41. The van der Waals surface area contributed by atoms with Gasteiger partial charge in [-0.05, 0) is 57.5 Å². The highest BCUT2D eigenvalue weighted by molar-refractivity contribution is 7.92. The van der Waals surface area contributed by atoms with Crippen molar-refractivity contribution in [3.05, 3.63) is 64.9 Å². The molecule has 0 spiro atoms. The lowest BCUT2D eigenvalue weighted by atomic mass is 10.1. The van der Waals surface area contributed by atoms with Gasteiger partial charge in [0.2, 0.25) is 21.8 Å². The Labute approximate surface area is 199 Å². The molecule has 0 aromatic heterocycles. The molecule has 0 heterocycles. The van der Waals surface area contributed by atoms with Gasteiger partial charge in [-0.15, -0.1) is 0 Å². The first-order valence-corrected chi connectivity index (χ1v) is 12.5. The second kappa shape index (κ2) is 10.5. The molecule has 0 bridgehead atoms. The molecule has 0 aliphatic rings. The number of hydrogen-bond acceptors (Lipinski definition) is 4. The van der Waals surface area contributed by atoms with Crippen LogP contribution in [0.3, 0.4) is 0 Å². The van der Waals surface area contributed by atoms with Crippen LogP contribution in [0, 0.1) is 5.82 Å². The van der Waals surface area contributed by atoms with Crippen molar-refractivity contribution in [1.82, 2.24) is 10.2 Å². The number of sulfonamides is 1. The van der Waals surface area contributed by atoms with Gasteiger partial charge in [-0.2, -0.15) is 0 Å². The lowest BCUT2D eigenvalue weighted by Crippen LogP contribution is -2.54. The summed E-state index contributed by atoms with van der Waals surface area (Å²) in [5.41, 5.74) is 0.207. The van der Waals surface area contributed by atoms with Gasteiger partial charge >= 0.3 is 0 Å². The SMILES string of the molecule is C[C@H](C(=O)NC(C)(C)C)N(Cc1ccc(F)cc1)C(=O)CN(c1ccccc1Cl)S(C)(=O)=O. The van der Waals surface area contributed by atoms with E-state index >= 15 is 0 Å². The number of nitrogens with zero attached hydrogens (tertiary/aromatic N) is 2. The Morgan fingerprint density at radius 2 is 1.67 bits per heavy atom. The number of halogens is 2. The largest absolute Gasteiger partial charge is 0.350 e. The normalized spacial score (nSPS) is 12.7. The Bertz CT molecular complexity index is 1100. The molecule has 2 amide bonds. The van der Waals surface area contributed by atoms with Crippen molar-refractivity contribution in [2.75, 3.05) is 17.1 Å². The minimum Gasteiger partial charge on any atom is -0.350 e. The van der Waals surface area contributed by atoms with E-state index in [2.05, 4.69) is 5.32 Å². The fraction of sp³-hybridized carbons (Fsp3) is 0.391. The second-order valence-electron chi connectivity index (χ2n) is 8.78. The number of carbonyl (C=O) groups excluding carboxylic acids is 2. The van der Waals surface area contributed by atoms with Crippen LogP contribution in [0.2, 0.25) is 5.02 Å². The molecule has 0 saturated heterocycles. The number of rotatable bonds is 8. The van der Waals surface area contributed by atoms with Gasteiger partial charge in [-0.3, -0.25) is 13.9 Å². The topological polar surface area (TPSA) is 86.8 Å². The molecule has 33 heavy (non-hydrogen) atoms. The summed E-state index contributed by atoms with van der Waals surface area (Å²) in [7, 11) is -3.87. The molecular formula is C23H29ClFN3O4S. The summed E-state index contributed by atoms with van der Waals surface area (Å²) in [5.74, 6) is -1.44. The smallest absolute Gasteiger partial charge is 0.244 e. The first-order valence-electron chi connectivity index (χ1n) is 10.3. The molecule has 0 fully saturated rings. The highest BCUT2D eigenvalue weighted by Gasteiger charge is 2.31. The number of anilines is 1. The first kappa shape index (κ1) is 26.6. The summed E-state index contributed by atoms with van der Waals surface area (Å²) in [6.45, 7) is 6.42. The zero-order valence-corrected chi connectivity index (χ0v) is 20.9. The fourth-order valence-electron chi connectivity index (χ4n) is 3.09. The quantitative estimate of drug-likeness (QED) is 0.604. The first-order chi connectivity index (χ1) is 15.2. The van der Waals surface area contributed by atoms with Crippen LogP contribution in [0.1, 0.15) is 33.3 Å². The van der Waals surface area contributed by atoms with E-state index in [1.165, 1.54) is 41.3 Å². The summed E-state index contributed by atoms with van der Waals surface area (Å²) < 4.78 is 39.3. The van der Waals surface area contributed by atoms with Gasteiger partial charge in [-0.1, -0.05) is 35.9 Å². The van der Waals surface area contributed by atoms with Gasteiger partial charge in [0, 0.05) is 12.1 Å². The maximum absolute atomic E-state index is 13.4. The van der Waals surface area contributed by atoms with Gasteiger partial charge in [0.1, 0.15) is 18.4 Å². The zero-order valence-electron chi connectivity index (χ0n) is 19.3. The van der Waals surface area contributed by atoms with Gasteiger partial charge < -0.3 is 10.2 Å². The highest BCUT2D eigenvalue weighted by Crippen LogP contribution is 2.27. The van der Waals surface area contributed by atoms with Crippen LogP contribution in [0.15, 0.2) is 48.5 Å². The van der Waals surface area contributed by atoms with Crippen molar-refractivity contribution in [2.45, 2.75) is 45.8 Å². The van der Waals surface area contributed by atoms with E-state index in [1.807, 2.05) is 20.8 Å². The van der Waals surface area contributed by atoms with Crippen LogP contribution in [-0.2, 0) is 26.2 Å². The van der Waals surface area contributed by atoms with Gasteiger partial charge in [0.05, 0.1) is 17.0 Å². The number of hydrogen-bond donors (Lipinski definition) is 1. The Morgan fingerprint density at radius 3 is 2.18 bits per heavy atom. The van der Waals surface area contributed by atoms with Gasteiger partial charge in [0.25, 0.3) is 0 Å². The summed E-state index contributed by atoms with van der Waals surface area (Å²) in [6.07, 6.45) is 0.976. The zero-order chi connectivity index (χ0) is 25.0. The molecule has 0 aliphatic carbocycles. The molecule has 180 valence electrons. The van der Waals surface area contributed by atoms with E-state index in [0.29, 0.717) is 5.56 Å². The average Bonchev–Trinajstić information content (AvgIpc) is 2.69. The molecule has 0 aliphatic heterocycles. The predicted molar refractivity (Wildman–Crippen MR) is 128 cm³/mol. The van der Waals surface area contributed by atoms with Gasteiger partial charge in [0.15, 0.2) is 0 Å². The molecule has 7 nitrogen and oxygen atoms in total. The molecular weight excluding hydrogens is 469 g/mol. The maximum Gasteiger partial charge on any atom is 0.244 e. The van der Waals surface area contributed by atoms with E-state index in [1.54, 1.807) is 19.1 Å². The summed E-state index contributed by atoms with van der Waals surface area (Å²) in [6, 6.07) is 10.9. The number of benzene rings is 2. The van der Waals surface area contributed by atoms with Crippen molar-refractivity contribution in [3.8, 4) is 0 Å². The lowest BCUT2D eigenvalue weighted by molar-refractivity contribution is -0.140. The van der Waals surface area contributed by atoms with E-state index in [9.17, 15) is 22.4 Å². The van der Waals surface area contributed by atoms with Crippen LogP contribution in [0.5, 0.6) is 0 Å². The number of amides is 2. The van der Waals surface area contributed by atoms with Crippen LogP contribution >= 0.6 is 11.6 Å². The third kappa shape index (κ3) is 7.71. The maximum atomic E-state index is 13.4. The molecule has 0 unspecified atom stereocenters. The molecule has 0 saturated carbocycles. The van der Waals surface area contributed by atoms with Crippen molar-refractivity contribution in [3.63, 3.8) is 0 Å². The monoisotopic (exact) mass is 497 g/mol. The van der Waals surface area contributed by atoms with Crippen molar-refractivity contribution in [1.29, 1.82) is 0 Å². The van der Waals surface area contributed by atoms with Crippen LogP contribution in [0.25, 0.3) is 0 Å². The van der Waals surface area contributed by atoms with Crippen molar-refractivity contribution >= 4 is 39.1 Å². The minimum absolute atomic E-state index is 0.0159. The van der Waals surface area contributed by atoms with E-state index in [0.717, 1.165) is 10.6 Å². The molecule has 2 aromatic rings. The molecule has 2 rings (SSSR count). The molecule has 2 aromatic carbocycles. The number of nitrogens with one attached hydrogen (secondary N) is 1. The van der Waals surface area contributed by atoms with Gasteiger partial charge in [-0.25, -0.2) is 12.8 Å². The molecule has 0 radical (unpaired) electrons. The van der Waals surface area contributed by atoms with E-state index in [-0.39, 0.29) is 17.3 Å². The van der Waals surface area contributed by atoms with E-state index < -0.39 is 45.8 Å². The summed E-state index contributed by atoms with van der Waals surface area (Å²) >= 11 is 6.19. The second-order valence-corrected chi connectivity index (χ2v) is 11.1. The minimum atomic E-state index is -3.87. The summed E-state index contributed by atoms with van der Waals surface area (Å²) in [5, 5.41) is 2.99. The van der Waals surface area contributed by atoms with Crippen LogP contribution in [0.4, 0.5) is 10.1 Å². The van der Waals surface area contributed by atoms with E-state index in [4.69, 9.17) is 11.6 Å². The number of para-hydroxylation sites is 1. The lowest BCUT2D eigenvalue weighted by Gasteiger charge is -2.33. The summed E-state index contributed by atoms with van der Waals surface area (Å²) in [4.78, 5) is 27.5. The Hall–Kier alpha value is -2.65. The predicted octanol–water partition coefficient (Wildman–Crippen LogP) is 3.58.